The van der Waals surface area contributed by atoms with E-state index in [-0.39, 0.29) is 13.8 Å². The fourth-order valence-corrected chi connectivity index (χ4v) is 1.62. The molecule has 0 fully saturated rings. The van der Waals surface area contributed by atoms with Crippen molar-refractivity contribution in [3.8, 4) is 0 Å². The Morgan fingerprint density at radius 1 is 1.12 bits per heavy atom. The first kappa shape index (κ1) is 6.21. The molecular weight excluding hydrogens is 183 g/mol. The van der Waals surface area contributed by atoms with Crippen molar-refractivity contribution in [2.75, 3.05) is 0 Å². The van der Waals surface area contributed by atoms with Crippen molar-refractivity contribution < 1.29 is 0 Å². The van der Waals surface area contributed by atoms with E-state index in [0.29, 0.717) is 0 Å². The molecule has 0 bridgehead atoms. The standard InChI is InChI=1S/C6H5SSe/c7-8-6-4-2-1-3-5-6/h1-5H. The molecule has 0 aromatic heterocycles. The van der Waals surface area contributed by atoms with Crippen molar-refractivity contribution in [3.63, 3.8) is 0 Å². The molecule has 0 aliphatic heterocycles. The van der Waals surface area contributed by atoms with Gasteiger partial charge in [-0.15, -0.1) is 0 Å². The molecule has 0 saturated carbocycles. The molecule has 0 aliphatic rings. The van der Waals surface area contributed by atoms with Crippen LogP contribution in [0.4, 0.5) is 0 Å². The molecule has 0 atom stereocenters. The number of hydrogen-bond acceptors (Lipinski definition) is 0. The molecule has 0 saturated heterocycles. The predicted octanol–water partition coefficient (Wildman–Crippen LogP) is 1.13. The van der Waals surface area contributed by atoms with Gasteiger partial charge < -0.3 is 0 Å². The summed E-state index contributed by atoms with van der Waals surface area (Å²) in [6.07, 6.45) is 0. The van der Waals surface area contributed by atoms with Gasteiger partial charge in [0, 0.05) is 0 Å². The van der Waals surface area contributed by atoms with E-state index >= 15 is 0 Å². The maximum absolute atomic E-state index is 4.88. The molecule has 0 N–H and O–H groups in total. The molecule has 41 valence electrons. The average Bonchev–Trinajstić information content (AvgIpc) is 1.90. The third-order valence-corrected chi connectivity index (χ3v) is 2.81. The minimum absolute atomic E-state index is 0.251. The topological polar surface area (TPSA) is 0 Å². The summed E-state index contributed by atoms with van der Waals surface area (Å²) in [5.74, 6) is 0. The van der Waals surface area contributed by atoms with Gasteiger partial charge in [-0.05, 0) is 0 Å². The minimum atomic E-state index is 0.251. The van der Waals surface area contributed by atoms with Gasteiger partial charge in [0.25, 0.3) is 0 Å². The average molecular weight is 188 g/mol. The van der Waals surface area contributed by atoms with Crippen LogP contribution in [-0.2, 0) is 0 Å². The Morgan fingerprint density at radius 3 is 2.12 bits per heavy atom. The van der Waals surface area contributed by atoms with Crippen molar-refractivity contribution in [3.05, 3.63) is 30.3 Å². The van der Waals surface area contributed by atoms with Gasteiger partial charge in [0.1, 0.15) is 0 Å². The third-order valence-electron chi connectivity index (χ3n) is 0.839. The molecule has 8 heavy (non-hydrogen) atoms. The molecule has 1 aromatic carbocycles. The van der Waals surface area contributed by atoms with Crippen LogP contribution in [0.15, 0.2) is 30.3 Å². The number of hydrogen-bond donors (Lipinski definition) is 0. The zero-order valence-corrected chi connectivity index (χ0v) is 6.73. The molecule has 2 heteroatoms. The quantitative estimate of drug-likeness (QED) is 0.579. The monoisotopic (exact) mass is 189 g/mol. The zero-order valence-electron chi connectivity index (χ0n) is 4.20. The van der Waals surface area contributed by atoms with E-state index < -0.39 is 0 Å². The molecular formula is C6H5SSe. The van der Waals surface area contributed by atoms with E-state index in [9.17, 15) is 0 Å². The van der Waals surface area contributed by atoms with E-state index in [1.165, 1.54) is 4.46 Å². The predicted molar refractivity (Wildman–Crippen MR) is 39.4 cm³/mol. The SMILES string of the molecule is [S][Se]c1ccccc1. The second kappa shape index (κ2) is 3.18. The summed E-state index contributed by atoms with van der Waals surface area (Å²) in [7, 11) is 0. The molecule has 0 heterocycles. The number of rotatable bonds is 1. The fourth-order valence-electron chi connectivity index (χ4n) is 0.476. The maximum atomic E-state index is 4.88. The van der Waals surface area contributed by atoms with Crippen LogP contribution in [0.25, 0.3) is 0 Å². The molecule has 0 spiro atoms. The van der Waals surface area contributed by atoms with Crippen LogP contribution >= 0.6 is 11.0 Å². The van der Waals surface area contributed by atoms with Gasteiger partial charge in [-0.25, -0.2) is 0 Å². The second-order valence-corrected chi connectivity index (χ2v) is 3.60. The van der Waals surface area contributed by atoms with Crippen molar-refractivity contribution in [2.45, 2.75) is 0 Å². The Labute approximate surface area is 59.9 Å². The van der Waals surface area contributed by atoms with Gasteiger partial charge in [0.2, 0.25) is 0 Å². The van der Waals surface area contributed by atoms with Gasteiger partial charge in [0.15, 0.2) is 0 Å². The molecule has 1 rings (SSSR count). The van der Waals surface area contributed by atoms with Gasteiger partial charge in [-0.3, -0.25) is 0 Å². The van der Waals surface area contributed by atoms with E-state index in [4.69, 9.17) is 11.0 Å². The molecule has 0 aliphatic carbocycles. The van der Waals surface area contributed by atoms with Crippen LogP contribution in [-0.4, -0.2) is 13.8 Å². The van der Waals surface area contributed by atoms with E-state index in [0.717, 1.165) is 0 Å². The van der Waals surface area contributed by atoms with Gasteiger partial charge >= 0.3 is 59.7 Å². The molecule has 1 aromatic rings. The Morgan fingerprint density at radius 2 is 1.75 bits per heavy atom. The molecule has 0 amide bonds. The Bertz CT molecular complexity index is 150. The van der Waals surface area contributed by atoms with E-state index in [2.05, 4.69) is 12.1 Å². The summed E-state index contributed by atoms with van der Waals surface area (Å²) in [5, 5.41) is 0. The van der Waals surface area contributed by atoms with E-state index in [1.807, 2.05) is 18.2 Å². The Balaban J connectivity index is 2.83. The summed E-state index contributed by atoms with van der Waals surface area (Å²) in [6.45, 7) is 0. The zero-order chi connectivity index (χ0) is 5.82. The normalized spacial score (nSPS) is 9.12. The summed E-state index contributed by atoms with van der Waals surface area (Å²) in [5.41, 5.74) is 0. The van der Waals surface area contributed by atoms with Crippen LogP contribution in [0.3, 0.4) is 0 Å². The fraction of sp³-hybridized carbons (Fsp3) is 0. The first-order chi connectivity index (χ1) is 3.93. The van der Waals surface area contributed by atoms with Crippen molar-refractivity contribution in [1.82, 2.24) is 0 Å². The van der Waals surface area contributed by atoms with Crippen LogP contribution in [0.2, 0.25) is 0 Å². The van der Waals surface area contributed by atoms with Crippen LogP contribution < -0.4 is 4.46 Å². The van der Waals surface area contributed by atoms with Crippen molar-refractivity contribution in [1.29, 1.82) is 0 Å². The van der Waals surface area contributed by atoms with Crippen LogP contribution in [0, 0.1) is 0 Å². The van der Waals surface area contributed by atoms with Crippen LogP contribution in [0.1, 0.15) is 0 Å². The summed E-state index contributed by atoms with van der Waals surface area (Å²) in [6, 6.07) is 10.2. The van der Waals surface area contributed by atoms with Gasteiger partial charge in [0.05, 0.1) is 0 Å². The second-order valence-electron chi connectivity index (χ2n) is 1.40. The first-order valence-electron chi connectivity index (χ1n) is 2.28. The van der Waals surface area contributed by atoms with E-state index in [1.54, 1.807) is 0 Å². The molecule has 1 radical (unpaired) electrons. The van der Waals surface area contributed by atoms with Crippen molar-refractivity contribution in [2.24, 2.45) is 0 Å². The van der Waals surface area contributed by atoms with Gasteiger partial charge in [-0.2, -0.15) is 0 Å². The molecule has 0 nitrogen and oxygen atoms in total. The Hall–Kier alpha value is 0.0895. The first-order valence-corrected chi connectivity index (χ1v) is 5.57. The van der Waals surface area contributed by atoms with Crippen LogP contribution in [0.5, 0.6) is 0 Å². The summed E-state index contributed by atoms with van der Waals surface area (Å²) < 4.78 is 1.29. The summed E-state index contributed by atoms with van der Waals surface area (Å²) in [4.78, 5) is 0. The van der Waals surface area contributed by atoms with Crippen molar-refractivity contribution >= 4 is 29.3 Å². The summed E-state index contributed by atoms with van der Waals surface area (Å²) >= 11 is 5.13. The Kier molecular flexibility index (Phi) is 2.47. The number of benzene rings is 1. The third kappa shape index (κ3) is 1.55. The molecule has 0 unspecified atom stereocenters. The van der Waals surface area contributed by atoms with Gasteiger partial charge in [-0.1, -0.05) is 0 Å².